The number of nitrogens with zero attached hydrogens (tertiary/aromatic N) is 2. The first-order chi connectivity index (χ1) is 13.0. The fourth-order valence-electron chi connectivity index (χ4n) is 4.59. The predicted octanol–water partition coefficient (Wildman–Crippen LogP) is 3.62. The van der Waals surface area contributed by atoms with Gasteiger partial charge >= 0.3 is 0 Å². The molecule has 3 aliphatic rings. The fourth-order valence-corrected chi connectivity index (χ4v) is 4.59. The summed E-state index contributed by atoms with van der Waals surface area (Å²) in [6, 6.07) is 11.4. The van der Waals surface area contributed by atoms with E-state index in [1.54, 1.807) is 0 Å². The summed E-state index contributed by atoms with van der Waals surface area (Å²) in [7, 11) is 0. The molecule has 144 valence electrons. The lowest BCUT2D eigenvalue weighted by molar-refractivity contribution is 0.253. The third kappa shape index (κ3) is 3.55. The molecule has 0 aliphatic heterocycles. The minimum absolute atomic E-state index is 0.0272. The molecule has 0 unspecified atom stereocenters. The summed E-state index contributed by atoms with van der Waals surface area (Å²) in [6.07, 6.45) is 7.73. The van der Waals surface area contributed by atoms with Crippen LogP contribution in [0, 0.1) is 0 Å². The Labute approximate surface area is 161 Å². The molecule has 0 amide bonds. The molecule has 3 saturated carbocycles. The standard InChI is InChI=1S/C22H30N4O/c1-21(23)9-7-16(8-10-21)19-25-20(26-27-19)22(11-12-22)14-24-18-13-17(18)15-5-3-2-4-6-15/h2-6,16-18,24H,7-14,23H2,1H3/t16?,17-,18+,21?/m0/s1. The van der Waals surface area contributed by atoms with Crippen molar-refractivity contribution in [3.05, 3.63) is 47.6 Å². The topological polar surface area (TPSA) is 77.0 Å². The minimum atomic E-state index is -0.0272. The highest BCUT2D eigenvalue weighted by Gasteiger charge is 2.50. The van der Waals surface area contributed by atoms with E-state index >= 15 is 0 Å². The third-order valence-corrected chi connectivity index (χ3v) is 6.97. The van der Waals surface area contributed by atoms with Crippen molar-refractivity contribution in [2.45, 2.75) is 80.7 Å². The number of nitrogens with two attached hydrogens (primary N) is 1. The molecule has 3 N–H and O–H groups in total. The van der Waals surface area contributed by atoms with Crippen molar-refractivity contribution in [2.24, 2.45) is 5.73 Å². The molecule has 1 aromatic carbocycles. The second kappa shape index (κ2) is 6.42. The number of rotatable bonds is 6. The molecule has 0 radical (unpaired) electrons. The summed E-state index contributed by atoms with van der Waals surface area (Å²) in [4.78, 5) is 4.83. The van der Waals surface area contributed by atoms with E-state index in [2.05, 4.69) is 47.7 Å². The summed E-state index contributed by atoms with van der Waals surface area (Å²) in [6.45, 7) is 3.11. The average molecular weight is 367 g/mol. The normalized spacial score (nSPS) is 34.4. The van der Waals surface area contributed by atoms with E-state index in [4.69, 9.17) is 15.2 Å². The Hall–Kier alpha value is -1.72. The highest BCUT2D eigenvalue weighted by molar-refractivity contribution is 5.28. The van der Waals surface area contributed by atoms with Gasteiger partial charge in [0.25, 0.3) is 0 Å². The molecule has 0 saturated heterocycles. The number of hydrogen-bond donors (Lipinski definition) is 2. The zero-order chi connectivity index (χ0) is 18.5. The molecule has 2 aromatic rings. The maximum atomic E-state index is 6.25. The van der Waals surface area contributed by atoms with Crippen LogP contribution in [-0.4, -0.2) is 28.3 Å². The zero-order valence-corrected chi connectivity index (χ0v) is 16.2. The van der Waals surface area contributed by atoms with E-state index in [0.29, 0.717) is 17.9 Å². The van der Waals surface area contributed by atoms with Crippen LogP contribution in [0.1, 0.15) is 81.0 Å². The lowest BCUT2D eigenvalue weighted by Crippen LogP contribution is -2.39. The summed E-state index contributed by atoms with van der Waals surface area (Å²) >= 11 is 0. The van der Waals surface area contributed by atoms with E-state index in [0.717, 1.165) is 56.8 Å². The summed E-state index contributed by atoms with van der Waals surface area (Å²) in [5.74, 6) is 2.80. The van der Waals surface area contributed by atoms with Crippen molar-refractivity contribution in [2.75, 3.05) is 6.54 Å². The van der Waals surface area contributed by atoms with Crippen LogP contribution < -0.4 is 11.1 Å². The smallest absolute Gasteiger partial charge is 0.229 e. The molecule has 5 nitrogen and oxygen atoms in total. The van der Waals surface area contributed by atoms with Gasteiger partial charge in [-0.2, -0.15) is 4.98 Å². The maximum Gasteiger partial charge on any atom is 0.229 e. The van der Waals surface area contributed by atoms with E-state index in [9.17, 15) is 0 Å². The Morgan fingerprint density at radius 2 is 1.89 bits per heavy atom. The van der Waals surface area contributed by atoms with Gasteiger partial charge in [-0.15, -0.1) is 0 Å². The molecular formula is C22H30N4O. The number of aromatic nitrogens is 2. The van der Waals surface area contributed by atoms with Gasteiger partial charge in [0.1, 0.15) is 0 Å². The Morgan fingerprint density at radius 1 is 1.15 bits per heavy atom. The SMILES string of the molecule is CC1(N)CCC(c2nc(C3(CN[C@@H]4C[C@H]4c4ccccc4)CC3)no2)CC1. The average Bonchev–Trinajstić information content (AvgIpc) is 3.58. The molecule has 5 rings (SSSR count). The highest BCUT2D eigenvalue weighted by Crippen LogP contribution is 2.48. The van der Waals surface area contributed by atoms with Crippen molar-refractivity contribution >= 4 is 0 Å². The lowest BCUT2D eigenvalue weighted by atomic mass is 9.78. The molecule has 3 aliphatic carbocycles. The minimum Gasteiger partial charge on any atom is -0.339 e. The number of nitrogens with one attached hydrogen (secondary N) is 1. The van der Waals surface area contributed by atoms with Gasteiger partial charge in [-0.25, -0.2) is 0 Å². The maximum absolute atomic E-state index is 6.25. The van der Waals surface area contributed by atoms with Gasteiger partial charge in [-0.1, -0.05) is 35.5 Å². The molecule has 0 spiro atoms. The first-order valence-corrected chi connectivity index (χ1v) is 10.5. The first-order valence-electron chi connectivity index (χ1n) is 10.5. The second-order valence-corrected chi connectivity index (χ2v) is 9.41. The first kappa shape index (κ1) is 17.4. The third-order valence-electron chi connectivity index (χ3n) is 6.97. The van der Waals surface area contributed by atoms with Crippen molar-refractivity contribution < 1.29 is 4.52 Å². The monoisotopic (exact) mass is 366 g/mol. The van der Waals surface area contributed by atoms with Crippen molar-refractivity contribution in [1.82, 2.24) is 15.5 Å². The number of benzene rings is 1. The van der Waals surface area contributed by atoms with Crippen molar-refractivity contribution in [1.29, 1.82) is 0 Å². The molecule has 5 heteroatoms. The Kier molecular flexibility index (Phi) is 4.13. The van der Waals surface area contributed by atoms with Gasteiger partial charge in [-0.05, 0) is 57.4 Å². The summed E-state index contributed by atoms with van der Waals surface area (Å²) in [5.41, 5.74) is 7.78. The Morgan fingerprint density at radius 3 is 2.59 bits per heavy atom. The van der Waals surface area contributed by atoms with E-state index < -0.39 is 0 Å². The molecule has 27 heavy (non-hydrogen) atoms. The Balaban J connectivity index is 1.18. The van der Waals surface area contributed by atoms with E-state index in [1.807, 2.05) is 0 Å². The van der Waals surface area contributed by atoms with Crippen LogP contribution in [0.25, 0.3) is 0 Å². The highest BCUT2D eigenvalue weighted by atomic mass is 16.5. The van der Waals surface area contributed by atoms with Crippen LogP contribution in [0.5, 0.6) is 0 Å². The quantitative estimate of drug-likeness (QED) is 0.816. The van der Waals surface area contributed by atoms with Crippen LogP contribution in [0.4, 0.5) is 0 Å². The van der Waals surface area contributed by atoms with Gasteiger partial charge in [0.15, 0.2) is 5.82 Å². The van der Waals surface area contributed by atoms with E-state index in [1.165, 1.54) is 12.0 Å². The van der Waals surface area contributed by atoms with Crippen LogP contribution in [0.2, 0.25) is 0 Å². The van der Waals surface area contributed by atoms with Crippen molar-refractivity contribution in [3.8, 4) is 0 Å². The van der Waals surface area contributed by atoms with E-state index in [-0.39, 0.29) is 11.0 Å². The lowest BCUT2D eigenvalue weighted by Gasteiger charge is -2.32. The van der Waals surface area contributed by atoms with Gasteiger partial charge in [-0.3, -0.25) is 0 Å². The molecule has 2 atom stereocenters. The van der Waals surface area contributed by atoms with Gasteiger partial charge < -0.3 is 15.6 Å². The van der Waals surface area contributed by atoms with Gasteiger partial charge in [0.2, 0.25) is 5.89 Å². The van der Waals surface area contributed by atoms with Gasteiger partial charge in [0, 0.05) is 35.4 Å². The molecule has 0 bridgehead atoms. The fraction of sp³-hybridized carbons (Fsp3) is 0.636. The van der Waals surface area contributed by atoms with Gasteiger partial charge in [0.05, 0.1) is 0 Å². The zero-order valence-electron chi connectivity index (χ0n) is 16.2. The number of hydrogen-bond acceptors (Lipinski definition) is 5. The Bertz CT molecular complexity index is 786. The summed E-state index contributed by atoms with van der Waals surface area (Å²) < 4.78 is 5.68. The summed E-state index contributed by atoms with van der Waals surface area (Å²) in [5, 5.41) is 8.15. The van der Waals surface area contributed by atoms with Crippen molar-refractivity contribution in [3.63, 3.8) is 0 Å². The largest absolute Gasteiger partial charge is 0.339 e. The van der Waals surface area contributed by atoms with Crippen LogP contribution in [0.15, 0.2) is 34.9 Å². The predicted molar refractivity (Wildman–Crippen MR) is 105 cm³/mol. The van der Waals surface area contributed by atoms with Crippen LogP contribution in [0.3, 0.4) is 0 Å². The molecule has 1 aromatic heterocycles. The molecular weight excluding hydrogens is 336 g/mol. The van der Waals surface area contributed by atoms with Crippen LogP contribution >= 0.6 is 0 Å². The van der Waals surface area contributed by atoms with Crippen LogP contribution in [-0.2, 0) is 5.41 Å². The second-order valence-electron chi connectivity index (χ2n) is 9.41. The molecule has 3 fully saturated rings. The molecule has 1 heterocycles.